The minimum absolute atomic E-state index is 0.355. The van der Waals surface area contributed by atoms with Crippen LogP contribution < -0.4 is 0 Å². The molecule has 2 heterocycles. The molecule has 5 heteroatoms. The van der Waals surface area contributed by atoms with Gasteiger partial charge in [0.2, 0.25) is 0 Å². The van der Waals surface area contributed by atoms with Gasteiger partial charge in [-0.25, -0.2) is 4.39 Å². The van der Waals surface area contributed by atoms with Crippen LogP contribution in [-0.2, 0) is 13.1 Å². The van der Waals surface area contributed by atoms with Gasteiger partial charge in [-0.1, -0.05) is 12.5 Å². The van der Waals surface area contributed by atoms with Crippen LogP contribution in [0.15, 0.2) is 36.7 Å². The monoisotopic (exact) mass is 298 g/mol. The Kier molecular flexibility index (Phi) is 4.50. The maximum Gasteiger partial charge on any atom is 0.124 e. The van der Waals surface area contributed by atoms with E-state index in [9.17, 15) is 9.65 Å². The zero-order valence-electron chi connectivity index (χ0n) is 12.5. The molecule has 0 bridgehead atoms. The third-order valence-electron chi connectivity index (χ3n) is 4.27. The molecule has 1 aromatic carbocycles. The van der Waals surface area contributed by atoms with Gasteiger partial charge in [0.15, 0.2) is 0 Å². The summed E-state index contributed by atoms with van der Waals surface area (Å²) in [5.41, 5.74) is 1.33. The molecule has 4 nitrogen and oxygen atoms in total. The lowest BCUT2D eigenvalue weighted by Crippen LogP contribution is -2.41. The van der Waals surface area contributed by atoms with E-state index < -0.39 is 0 Å². The summed E-state index contributed by atoms with van der Waals surface area (Å²) < 4.78 is 15.2. The quantitative estimate of drug-likeness (QED) is 0.871. The van der Waals surface area contributed by atoms with Crippen molar-refractivity contribution < 1.29 is 4.39 Å². The van der Waals surface area contributed by atoms with Crippen molar-refractivity contribution >= 4 is 0 Å². The molecule has 3 rings (SSSR count). The first kappa shape index (κ1) is 14.7. The molecule has 0 aliphatic carbocycles. The lowest BCUT2D eigenvalue weighted by atomic mass is 10.00. The topological polar surface area (TPSA) is 44.9 Å². The van der Waals surface area contributed by atoms with Crippen molar-refractivity contribution in [1.82, 2.24) is 14.7 Å². The van der Waals surface area contributed by atoms with Crippen LogP contribution in [0.2, 0.25) is 0 Å². The van der Waals surface area contributed by atoms with E-state index in [2.05, 4.69) is 16.1 Å². The predicted molar refractivity (Wildman–Crippen MR) is 81.4 cm³/mol. The predicted octanol–water partition coefficient (Wildman–Crippen LogP) is 2.95. The standard InChI is InChI=1S/C17H19FN4/c18-16-6-5-14(15(10-16)11-19)12-21-8-2-1-4-17(21)13-22-9-3-7-20-22/h3,5-7,9-10,17H,1-2,4,8,12-13H2/t17-/m0/s1. The van der Waals surface area contributed by atoms with E-state index in [4.69, 9.17) is 0 Å². The van der Waals surface area contributed by atoms with E-state index in [0.717, 1.165) is 25.1 Å². The summed E-state index contributed by atoms with van der Waals surface area (Å²) in [5.74, 6) is -0.355. The molecule has 0 unspecified atom stereocenters. The van der Waals surface area contributed by atoms with Crippen LogP contribution in [0.1, 0.15) is 30.4 Å². The number of hydrogen-bond donors (Lipinski definition) is 0. The summed E-state index contributed by atoms with van der Waals surface area (Å²) in [6.45, 7) is 2.55. The smallest absolute Gasteiger partial charge is 0.124 e. The second-order valence-corrected chi connectivity index (χ2v) is 5.76. The number of benzene rings is 1. The molecule has 1 aliphatic rings. The molecule has 22 heavy (non-hydrogen) atoms. The zero-order valence-corrected chi connectivity index (χ0v) is 12.5. The Hall–Kier alpha value is -2.19. The Bertz CT molecular complexity index is 660. The van der Waals surface area contributed by atoms with Gasteiger partial charge in [-0.05, 0) is 43.1 Å². The fourth-order valence-corrected chi connectivity index (χ4v) is 3.11. The van der Waals surface area contributed by atoms with Crippen molar-refractivity contribution in [3.63, 3.8) is 0 Å². The number of halogens is 1. The van der Waals surface area contributed by atoms with Gasteiger partial charge in [-0.15, -0.1) is 0 Å². The van der Waals surface area contributed by atoms with Crippen LogP contribution in [0.25, 0.3) is 0 Å². The maximum atomic E-state index is 13.3. The molecular weight excluding hydrogens is 279 g/mol. The van der Waals surface area contributed by atoms with Crippen LogP contribution >= 0.6 is 0 Å². The first-order chi connectivity index (χ1) is 10.8. The highest BCUT2D eigenvalue weighted by molar-refractivity contribution is 5.37. The van der Waals surface area contributed by atoms with Crippen LogP contribution in [0.5, 0.6) is 0 Å². The Balaban J connectivity index is 1.75. The van der Waals surface area contributed by atoms with Crippen molar-refractivity contribution in [3.8, 4) is 6.07 Å². The fraction of sp³-hybridized carbons (Fsp3) is 0.412. The molecule has 1 aliphatic heterocycles. The molecule has 2 aromatic rings. The number of rotatable bonds is 4. The van der Waals surface area contributed by atoms with Gasteiger partial charge in [0.25, 0.3) is 0 Å². The van der Waals surface area contributed by atoms with Crippen LogP contribution in [0.4, 0.5) is 4.39 Å². The van der Waals surface area contributed by atoms with Crippen molar-refractivity contribution in [1.29, 1.82) is 5.26 Å². The molecule has 114 valence electrons. The average molecular weight is 298 g/mol. The molecule has 1 atom stereocenters. The van der Waals surface area contributed by atoms with Gasteiger partial charge in [0, 0.05) is 25.0 Å². The molecule has 1 fully saturated rings. The molecule has 0 amide bonds. The Labute approximate surface area is 129 Å². The normalized spacial score (nSPS) is 19.0. The highest BCUT2D eigenvalue weighted by atomic mass is 19.1. The van der Waals surface area contributed by atoms with Crippen molar-refractivity contribution in [2.24, 2.45) is 0 Å². The molecule has 0 radical (unpaired) electrons. The van der Waals surface area contributed by atoms with Crippen LogP contribution in [-0.4, -0.2) is 27.3 Å². The zero-order chi connectivity index (χ0) is 15.4. The van der Waals surface area contributed by atoms with E-state index in [1.807, 2.05) is 16.9 Å². The van der Waals surface area contributed by atoms with Crippen molar-refractivity contribution in [2.75, 3.05) is 6.54 Å². The molecular formula is C17H19FN4. The molecule has 0 spiro atoms. The van der Waals surface area contributed by atoms with Crippen LogP contribution in [0, 0.1) is 17.1 Å². The molecule has 1 aromatic heterocycles. The lowest BCUT2D eigenvalue weighted by molar-refractivity contribution is 0.122. The Morgan fingerprint density at radius 3 is 3.05 bits per heavy atom. The van der Waals surface area contributed by atoms with Crippen molar-refractivity contribution in [2.45, 2.75) is 38.4 Å². The summed E-state index contributed by atoms with van der Waals surface area (Å²) in [4.78, 5) is 2.39. The Morgan fingerprint density at radius 2 is 2.27 bits per heavy atom. The van der Waals surface area contributed by atoms with E-state index in [1.165, 1.54) is 25.0 Å². The summed E-state index contributed by atoms with van der Waals surface area (Å²) in [7, 11) is 0. The summed E-state index contributed by atoms with van der Waals surface area (Å²) in [6, 6.07) is 8.93. The number of likely N-dealkylation sites (tertiary alicyclic amines) is 1. The number of piperidine rings is 1. The first-order valence-electron chi connectivity index (χ1n) is 7.66. The third-order valence-corrected chi connectivity index (χ3v) is 4.27. The van der Waals surface area contributed by atoms with E-state index in [1.54, 1.807) is 12.3 Å². The van der Waals surface area contributed by atoms with Gasteiger partial charge in [-0.3, -0.25) is 9.58 Å². The van der Waals surface area contributed by atoms with Gasteiger partial charge in [0.1, 0.15) is 5.82 Å². The minimum atomic E-state index is -0.355. The SMILES string of the molecule is N#Cc1cc(F)ccc1CN1CCCC[C@H]1Cn1cccn1. The maximum absolute atomic E-state index is 13.3. The number of aromatic nitrogens is 2. The van der Waals surface area contributed by atoms with Gasteiger partial charge in [0.05, 0.1) is 18.2 Å². The van der Waals surface area contributed by atoms with Crippen LogP contribution in [0.3, 0.4) is 0 Å². The van der Waals surface area contributed by atoms with E-state index >= 15 is 0 Å². The fourth-order valence-electron chi connectivity index (χ4n) is 3.11. The molecule has 0 N–H and O–H groups in total. The number of nitrogens with zero attached hydrogens (tertiary/aromatic N) is 4. The van der Waals surface area contributed by atoms with E-state index in [0.29, 0.717) is 18.2 Å². The number of hydrogen-bond acceptors (Lipinski definition) is 3. The highest BCUT2D eigenvalue weighted by Crippen LogP contribution is 2.22. The molecule has 1 saturated heterocycles. The summed E-state index contributed by atoms with van der Waals surface area (Å²) >= 11 is 0. The average Bonchev–Trinajstić information content (AvgIpc) is 3.04. The van der Waals surface area contributed by atoms with Gasteiger partial charge >= 0.3 is 0 Å². The third kappa shape index (κ3) is 3.34. The first-order valence-corrected chi connectivity index (χ1v) is 7.66. The van der Waals surface area contributed by atoms with Crippen molar-refractivity contribution in [3.05, 3.63) is 53.6 Å². The van der Waals surface area contributed by atoms with Gasteiger partial charge in [-0.2, -0.15) is 10.4 Å². The summed E-state index contributed by atoms with van der Waals surface area (Å²) in [5, 5.41) is 13.5. The minimum Gasteiger partial charge on any atom is -0.294 e. The Morgan fingerprint density at radius 1 is 1.36 bits per heavy atom. The second-order valence-electron chi connectivity index (χ2n) is 5.76. The van der Waals surface area contributed by atoms with E-state index in [-0.39, 0.29) is 5.82 Å². The highest BCUT2D eigenvalue weighted by Gasteiger charge is 2.23. The lowest BCUT2D eigenvalue weighted by Gasteiger charge is -2.35. The number of nitriles is 1. The van der Waals surface area contributed by atoms with Gasteiger partial charge < -0.3 is 0 Å². The largest absolute Gasteiger partial charge is 0.294 e. The summed E-state index contributed by atoms with van der Waals surface area (Å²) in [6.07, 6.45) is 7.28. The molecule has 0 saturated carbocycles. The second kappa shape index (κ2) is 6.71.